The van der Waals surface area contributed by atoms with Crippen molar-refractivity contribution in [3.05, 3.63) is 47.0 Å². The molecule has 2 aliphatic heterocycles. The summed E-state index contributed by atoms with van der Waals surface area (Å²) in [6.45, 7) is 3.15. The Morgan fingerprint density at radius 1 is 1.08 bits per heavy atom. The minimum Gasteiger partial charge on any atom is -0.381 e. The van der Waals surface area contributed by atoms with Crippen LogP contribution in [-0.2, 0) is 10.9 Å². The third-order valence-electron chi connectivity index (χ3n) is 6.68. The molecule has 5 rings (SSSR count). The van der Waals surface area contributed by atoms with Crippen LogP contribution in [0.25, 0.3) is 11.4 Å². The van der Waals surface area contributed by atoms with Gasteiger partial charge in [-0.15, -0.1) is 0 Å². The van der Waals surface area contributed by atoms with Crippen LogP contribution in [-0.4, -0.2) is 86.7 Å². The van der Waals surface area contributed by atoms with Gasteiger partial charge in [0.2, 0.25) is 11.8 Å². The van der Waals surface area contributed by atoms with Gasteiger partial charge in [0.1, 0.15) is 11.4 Å². The summed E-state index contributed by atoms with van der Waals surface area (Å²) < 4.78 is 62.4. The van der Waals surface area contributed by atoms with Crippen molar-refractivity contribution in [1.82, 2.24) is 34.3 Å². The minimum absolute atomic E-state index is 0.0903. The number of ether oxygens (including phenoxy) is 1. The molecule has 10 nitrogen and oxygen atoms in total. The van der Waals surface area contributed by atoms with Crippen molar-refractivity contribution in [2.75, 3.05) is 51.8 Å². The summed E-state index contributed by atoms with van der Waals surface area (Å²) in [4.78, 5) is 32.4. The lowest BCUT2D eigenvalue weighted by atomic mass is 10.1. The van der Waals surface area contributed by atoms with E-state index in [1.165, 1.54) is 12.3 Å². The normalized spacial score (nSPS) is 17.4. The maximum Gasteiger partial charge on any atom is 0.449 e. The topological polar surface area (TPSA) is 101 Å². The number of nitrogens with zero attached hydrogens (tertiary/aromatic N) is 7. The number of halogens is 5. The molecule has 2 fully saturated rings. The van der Waals surface area contributed by atoms with Crippen molar-refractivity contribution in [3.8, 4) is 11.4 Å². The summed E-state index contributed by atoms with van der Waals surface area (Å²) >= 11 is 6.35. The molecule has 0 aliphatic carbocycles. The van der Waals surface area contributed by atoms with E-state index in [9.17, 15) is 22.4 Å². The first kappa shape index (κ1) is 27.2. The molecule has 208 valence electrons. The first-order valence-corrected chi connectivity index (χ1v) is 12.6. The average Bonchev–Trinajstić information content (AvgIpc) is 3.36. The van der Waals surface area contributed by atoms with Crippen molar-refractivity contribution in [1.29, 1.82) is 0 Å². The van der Waals surface area contributed by atoms with Gasteiger partial charge in [0, 0.05) is 45.4 Å². The largest absolute Gasteiger partial charge is 0.449 e. The predicted molar refractivity (Wildman–Crippen MR) is 133 cm³/mol. The molecule has 0 unspecified atom stereocenters. The zero-order valence-corrected chi connectivity index (χ0v) is 21.6. The fourth-order valence-electron chi connectivity index (χ4n) is 4.62. The summed E-state index contributed by atoms with van der Waals surface area (Å²) in [5, 5.41) is 2.93. The van der Waals surface area contributed by atoms with Gasteiger partial charge >= 0.3 is 6.18 Å². The number of carbonyl (C=O) groups excluding carboxylic acids is 1. The number of anilines is 2. The summed E-state index contributed by atoms with van der Waals surface area (Å²) in [7, 11) is 1.98. The number of hydrogen-bond donors (Lipinski definition) is 1. The highest BCUT2D eigenvalue weighted by molar-refractivity contribution is 6.33. The molecule has 5 heterocycles. The van der Waals surface area contributed by atoms with E-state index in [0.717, 1.165) is 30.1 Å². The number of carbonyl (C=O) groups is 1. The highest BCUT2D eigenvalue weighted by Crippen LogP contribution is 2.37. The van der Waals surface area contributed by atoms with Crippen molar-refractivity contribution in [2.45, 2.75) is 25.1 Å². The van der Waals surface area contributed by atoms with Crippen LogP contribution < -0.4 is 5.32 Å². The van der Waals surface area contributed by atoms with Gasteiger partial charge in [-0.25, -0.2) is 24.3 Å². The van der Waals surface area contributed by atoms with Crippen molar-refractivity contribution < 1.29 is 27.1 Å². The Morgan fingerprint density at radius 3 is 2.46 bits per heavy atom. The standard InChI is InChI=1S/C24H25ClF4N8O2/c1-35-4-6-36(7-5-35)21(38)19-16(25)10-14(11-30-19)33-23-32-12-17(26)20(34-23)18-13-31-22(24(27,28)29)37(18)15-2-8-39-9-3-15/h10-13,15H,2-9H2,1H3,(H,32,33,34). The van der Waals surface area contributed by atoms with Crippen LogP contribution in [0.1, 0.15) is 35.2 Å². The number of nitrogens with one attached hydrogen (secondary N) is 1. The lowest BCUT2D eigenvalue weighted by molar-refractivity contribution is -0.148. The Labute approximate surface area is 226 Å². The highest BCUT2D eigenvalue weighted by Gasteiger charge is 2.40. The second-order valence-electron chi connectivity index (χ2n) is 9.34. The average molecular weight is 569 g/mol. The molecule has 0 spiro atoms. The molecular formula is C24H25ClF4N8O2. The van der Waals surface area contributed by atoms with E-state index >= 15 is 0 Å². The van der Waals surface area contributed by atoms with E-state index in [-0.39, 0.29) is 47.2 Å². The molecule has 0 saturated carbocycles. The van der Waals surface area contributed by atoms with Crippen LogP contribution in [0, 0.1) is 5.82 Å². The summed E-state index contributed by atoms with van der Waals surface area (Å²) in [5.74, 6) is -2.43. The Bertz CT molecular complexity index is 1350. The highest BCUT2D eigenvalue weighted by atomic mass is 35.5. The fraction of sp³-hybridized carbons (Fsp3) is 0.458. The zero-order valence-electron chi connectivity index (χ0n) is 20.9. The number of imidazole rings is 1. The minimum atomic E-state index is -4.74. The SMILES string of the molecule is CN1CCN(C(=O)c2ncc(Nc3ncc(F)c(-c4cnc(C(F)(F)F)n4C4CCOCC4)n3)cc2Cl)CC1. The van der Waals surface area contributed by atoms with Crippen LogP contribution in [0.15, 0.2) is 24.7 Å². The first-order valence-electron chi connectivity index (χ1n) is 12.3. The van der Waals surface area contributed by atoms with E-state index < -0.39 is 23.9 Å². The molecule has 15 heteroatoms. The molecule has 39 heavy (non-hydrogen) atoms. The molecule has 3 aromatic rings. The molecule has 0 bridgehead atoms. The van der Waals surface area contributed by atoms with Crippen molar-refractivity contribution >= 4 is 29.1 Å². The Balaban J connectivity index is 1.41. The van der Waals surface area contributed by atoms with E-state index in [0.29, 0.717) is 31.6 Å². The molecule has 2 saturated heterocycles. The van der Waals surface area contributed by atoms with Gasteiger partial charge in [0.05, 0.1) is 35.0 Å². The van der Waals surface area contributed by atoms with Gasteiger partial charge in [-0.1, -0.05) is 11.6 Å². The Morgan fingerprint density at radius 2 is 1.79 bits per heavy atom. The Hall–Kier alpha value is -3.36. The zero-order chi connectivity index (χ0) is 27.7. The fourth-order valence-corrected chi connectivity index (χ4v) is 4.86. The Kier molecular flexibility index (Phi) is 7.69. The van der Waals surface area contributed by atoms with E-state index in [1.807, 2.05) is 7.05 Å². The molecular weight excluding hydrogens is 544 g/mol. The molecule has 0 aromatic carbocycles. The number of piperazine rings is 1. The number of likely N-dealkylation sites (N-methyl/N-ethyl adjacent to an activating group) is 1. The summed E-state index contributed by atoms with van der Waals surface area (Å²) in [5.41, 5.74) is -0.0710. The predicted octanol–water partition coefficient (Wildman–Crippen LogP) is 4.03. The first-order chi connectivity index (χ1) is 18.6. The van der Waals surface area contributed by atoms with E-state index in [1.54, 1.807) is 4.90 Å². The monoisotopic (exact) mass is 568 g/mol. The van der Waals surface area contributed by atoms with Crippen LogP contribution in [0.4, 0.5) is 29.2 Å². The maximum absolute atomic E-state index is 14.9. The van der Waals surface area contributed by atoms with E-state index in [4.69, 9.17) is 16.3 Å². The van der Waals surface area contributed by atoms with Crippen LogP contribution in [0.2, 0.25) is 5.02 Å². The van der Waals surface area contributed by atoms with Crippen molar-refractivity contribution in [3.63, 3.8) is 0 Å². The lowest BCUT2D eigenvalue weighted by Crippen LogP contribution is -2.47. The van der Waals surface area contributed by atoms with Crippen molar-refractivity contribution in [2.24, 2.45) is 0 Å². The van der Waals surface area contributed by atoms with E-state index in [2.05, 4.69) is 30.2 Å². The van der Waals surface area contributed by atoms with Gasteiger partial charge in [-0.2, -0.15) is 13.2 Å². The summed E-state index contributed by atoms with van der Waals surface area (Å²) in [6, 6.07) is 0.866. The van der Waals surface area contributed by atoms with Crippen LogP contribution >= 0.6 is 11.6 Å². The van der Waals surface area contributed by atoms with Gasteiger partial charge in [-0.3, -0.25) is 4.79 Å². The lowest BCUT2D eigenvalue weighted by Gasteiger charge is -2.32. The molecule has 1 amide bonds. The van der Waals surface area contributed by atoms with Gasteiger partial charge < -0.3 is 24.4 Å². The van der Waals surface area contributed by atoms with Gasteiger partial charge in [-0.05, 0) is 26.0 Å². The van der Waals surface area contributed by atoms with Gasteiger partial charge in [0.15, 0.2) is 5.82 Å². The number of rotatable bonds is 5. The quantitative estimate of drug-likeness (QED) is 0.461. The van der Waals surface area contributed by atoms with Crippen LogP contribution in [0.3, 0.4) is 0 Å². The second kappa shape index (κ2) is 11.0. The number of hydrogen-bond acceptors (Lipinski definition) is 8. The number of alkyl halides is 3. The third-order valence-corrected chi connectivity index (χ3v) is 6.97. The van der Waals surface area contributed by atoms with Crippen LogP contribution in [0.5, 0.6) is 0 Å². The smallest absolute Gasteiger partial charge is 0.381 e. The van der Waals surface area contributed by atoms with Gasteiger partial charge in [0.25, 0.3) is 5.91 Å². The maximum atomic E-state index is 14.9. The molecule has 3 aromatic heterocycles. The molecule has 0 atom stereocenters. The second-order valence-corrected chi connectivity index (χ2v) is 9.75. The summed E-state index contributed by atoms with van der Waals surface area (Å²) in [6.07, 6.45) is -0.937. The molecule has 0 radical (unpaired) electrons. The molecule has 1 N–H and O–H groups in total. The molecule has 2 aliphatic rings. The number of aromatic nitrogens is 5. The number of amides is 1. The number of pyridine rings is 1. The third kappa shape index (κ3) is 5.82.